The lowest BCUT2D eigenvalue weighted by Gasteiger charge is -2.12. The lowest BCUT2D eigenvalue weighted by atomic mass is 9.91. The minimum atomic E-state index is 1.10. The van der Waals surface area contributed by atoms with Crippen molar-refractivity contribution in [2.45, 2.75) is 0 Å². The van der Waals surface area contributed by atoms with E-state index in [9.17, 15) is 0 Å². The van der Waals surface area contributed by atoms with Gasteiger partial charge in [0.1, 0.15) is 0 Å². The van der Waals surface area contributed by atoms with Crippen molar-refractivity contribution in [1.29, 1.82) is 0 Å². The molecule has 5 aromatic rings. The van der Waals surface area contributed by atoms with E-state index in [2.05, 4.69) is 119 Å². The first-order valence-corrected chi connectivity index (χ1v) is 9.86. The molecule has 0 aliphatic rings. The molecule has 0 aliphatic carbocycles. The van der Waals surface area contributed by atoms with Gasteiger partial charge in [0.05, 0.1) is 0 Å². The van der Waals surface area contributed by atoms with Crippen molar-refractivity contribution in [1.82, 2.24) is 0 Å². The Morgan fingerprint density at radius 2 is 0.963 bits per heavy atom. The van der Waals surface area contributed by atoms with Gasteiger partial charge in [-0.15, -0.1) is 0 Å². The van der Waals surface area contributed by atoms with E-state index in [-0.39, 0.29) is 0 Å². The summed E-state index contributed by atoms with van der Waals surface area (Å²) < 4.78 is 1.10. The van der Waals surface area contributed by atoms with Gasteiger partial charge in [-0.2, -0.15) is 0 Å². The molecule has 0 aliphatic heterocycles. The van der Waals surface area contributed by atoms with Crippen LogP contribution in [0, 0.1) is 0 Å². The van der Waals surface area contributed by atoms with Gasteiger partial charge in [0.15, 0.2) is 0 Å². The molecular formula is C26H17Br. The number of fused-ring (bicyclic) bond motifs is 3. The van der Waals surface area contributed by atoms with Crippen LogP contribution >= 0.6 is 15.9 Å². The fourth-order valence-corrected chi connectivity index (χ4v) is 4.30. The largest absolute Gasteiger partial charge is 0.0622 e. The van der Waals surface area contributed by atoms with Crippen molar-refractivity contribution >= 4 is 37.5 Å². The molecule has 1 heteroatoms. The van der Waals surface area contributed by atoms with Crippen molar-refractivity contribution in [3.8, 4) is 22.3 Å². The molecule has 0 bridgehead atoms. The fourth-order valence-electron chi connectivity index (χ4n) is 3.90. The Kier molecular flexibility index (Phi) is 4.03. The molecule has 0 N–H and O–H groups in total. The van der Waals surface area contributed by atoms with Crippen molar-refractivity contribution in [3.63, 3.8) is 0 Å². The first kappa shape index (κ1) is 16.3. The zero-order valence-electron chi connectivity index (χ0n) is 14.7. The Morgan fingerprint density at radius 3 is 1.59 bits per heavy atom. The highest BCUT2D eigenvalue weighted by molar-refractivity contribution is 9.10. The second-order valence-corrected chi connectivity index (χ2v) is 7.66. The summed E-state index contributed by atoms with van der Waals surface area (Å²) in [6.07, 6.45) is 0. The van der Waals surface area contributed by atoms with Crippen LogP contribution in [0.25, 0.3) is 43.8 Å². The second kappa shape index (κ2) is 6.68. The Balaban J connectivity index is 1.81. The summed E-state index contributed by atoms with van der Waals surface area (Å²) >= 11 is 3.60. The zero-order valence-corrected chi connectivity index (χ0v) is 16.3. The molecule has 0 aromatic heterocycles. The Morgan fingerprint density at radius 1 is 0.407 bits per heavy atom. The van der Waals surface area contributed by atoms with Crippen LogP contribution in [0.2, 0.25) is 0 Å². The molecular weight excluding hydrogens is 392 g/mol. The molecule has 128 valence electrons. The summed E-state index contributed by atoms with van der Waals surface area (Å²) in [5, 5.41) is 5.17. The molecule has 0 saturated carbocycles. The van der Waals surface area contributed by atoms with Crippen molar-refractivity contribution < 1.29 is 0 Å². The van der Waals surface area contributed by atoms with Crippen LogP contribution in [0.5, 0.6) is 0 Å². The van der Waals surface area contributed by atoms with E-state index in [0.29, 0.717) is 0 Å². The summed E-state index contributed by atoms with van der Waals surface area (Å²) in [6, 6.07) is 36.8. The average Bonchev–Trinajstić information content (AvgIpc) is 2.73. The molecule has 27 heavy (non-hydrogen) atoms. The Hall–Kier alpha value is -2.90. The monoisotopic (exact) mass is 408 g/mol. The minimum absolute atomic E-state index is 1.10. The van der Waals surface area contributed by atoms with Crippen molar-refractivity contribution in [2.24, 2.45) is 0 Å². The third kappa shape index (κ3) is 2.85. The van der Waals surface area contributed by atoms with Gasteiger partial charge in [0, 0.05) is 4.47 Å². The SMILES string of the molecule is Brc1cccc(-c2cccc3c2ccc2c(-c4ccccc4)cccc23)c1. The number of halogens is 1. The highest BCUT2D eigenvalue weighted by Crippen LogP contribution is 2.37. The van der Waals surface area contributed by atoms with Gasteiger partial charge in [-0.25, -0.2) is 0 Å². The van der Waals surface area contributed by atoms with E-state index in [1.54, 1.807) is 0 Å². The van der Waals surface area contributed by atoms with E-state index in [0.717, 1.165) is 4.47 Å². The predicted octanol–water partition coefficient (Wildman–Crippen LogP) is 8.09. The minimum Gasteiger partial charge on any atom is -0.0622 e. The van der Waals surface area contributed by atoms with Crippen molar-refractivity contribution in [3.05, 3.63) is 108 Å². The Labute approximate surface area is 167 Å². The van der Waals surface area contributed by atoms with Crippen LogP contribution in [0.4, 0.5) is 0 Å². The summed E-state index contributed by atoms with van der Waals surface area (Å²) in [4.78, 5) is 0. The molecule has 0 atom stereocenters. The topological polar surface area (TPSA) is 0 Å². The van der Waals surface area contributed by atoms with Gasteiger partial charge < -0.3 is 0 Å². The third-order valence-corrected chi connectivity index (χ3v) is 5.63. The molecule has 0 nitrogen and oxygen atoms in total. The first-order chi connectivity index (χ1) is 13.3. The van der Waals surface area contributed by atoms with Crippen LogP contribution in [0.3, 0.4) is 0 Å². The van der Waals surface area contributed by atoms with Crippen LogP contribution in [0.15, 0.2) is 108 Å². The number of hydrogen-bond acceptors (Lipinski definition) is 0. The van der Waals surface area contributed by atoms with Crippen LogP contribution in [0.1, 0.15) is 0 Å². The standard InChI is InChI=1S/C26H17Br/c27-20-10-4-9-19(17-20)22-12-6-14-24-23-13-5-11-21(18-7-2-1-3-8-18)25(23)15-16-26(22)24/h1-17H. The normalized spacial score (nSPS) is 11.1. The highest BCUT2D eigenvalue weighted by Gasteiger charge is 2.10. The molecule has 0 saturated heterocycles. The summed E-state index contributed by atoms with van der Waals surface area (Å²) in [6.45, 7) is 0. The molecule has 5 rings (SSSR count). The maximum Gasteiger partial charge on any atom is 0.0181 e. The van der Waals surface area contributed by atoms with E-state index in [1.165, 1.54) is 43.8 Å². The fraction of sp³-hybridized carbons (Fsp3) is 0. The van der Waals surface area contributed by atoms with Gasteiger partial charge in [-0.05, 0) is 55.9 Å². The molecule has 5 aromatic carbocycles. The number of hydrogen-bond donors (Lipinski definition) is 0. The summed E-state index contributed by atoms with van der Waals surface area (Å²) in [5.41, 5.74) is 5.03. The smallest absolute Gasteiger partial charge is 0.0181 e. The van der Waals surface area contributed by atoms with Gasteiger partial charge in [-0.3, -0.25) is 0 Å². The van der Waals surface area contributed by atoms with Crippen LogP contribution in [-0.4, -0.2) is 0 Å². The quantitative estimate of drug-likeness (QED) is 0.259. The first-order valence-electron chi connectivity index (χ1n) is 9.07. The van der Waals surface area contributed by atoms with E-state index in [4.69, 9.17) is 0 Å². The lowest BCUT2D eigenvalue weighted by molar-refractivity contribution is 1.62. The summed E-state index contributed by atoms with van der Waals surface area (Å²) in [5.74, 6) is 0. The average molecular weight is 409 g/mol. The second-order valence-electron chi connectivity index (χ2n) is 6.74. The molecule has 0 radical (unpaired) electrons. The highest BCUT2D eigenvalue weighted by atomic mass is 79.9. The maximum atomic E-state index is 3.60. The van der Waals surface area contributed by atoms with Gasteiger partial charge in [-0.1, -0.05) is 107 Å². The lowest BCUT2D eigenvalue weighted by Crippen LogP contribution is -1.86. The van der Waals surface area contributed by atoms with Gasteiger partial charge >= 0.3 is 0 Å². The van der Waals surface area contributed by atoms with E-state index < -0.39 is 0 Å². The van der Waals surface area contributed by atoms with Gasteiger partial charge in [0.2, 0.25) is 0 Å². The summed E-state index contributed by atoms with van der Waals surface area (Å²) in [7, 11) is 0. The number of benzene rings is 5. The van der Waals surface area contributed by atoms with Gasteiger partial charge in [0.25, 0.3) is 0 Å². The number of rotatable bonds is 2. The molecule has 0 amide bonds. The van der Waals surface area contributed by atoms with E-state index >= 15 is 0 Å². The maximum absolute atomic E-state index is 3.60. The molecule has 0 unspecified atom stereocenters. The molecule has 0 spiro atoms. The van der Waals surface area contributed by atoms with Crippen LogP contribution in [-0.2, 0) is 0 Å². The molecule has 0 heterocycles. The third-order valence-electron chi connectivity index (χ3n) is 5.14. The van der Waals surface area contributed by atoms with E-state index in [1.807, 2.05) is 0 Å². The molecule has 0 fully saturated rings. The Bertz CT molecular complexity index is 1270. The van der Waals surface area contributed by atoms with Crippen LogP contribution < -0.4 is 0 Å². The zero-order chi connectivity index (χ0) is 18.2. The predicted molar refractivity (Wildman–Crippen MR) is 120 cm³/mol. The van der Waals surface area contributed by atoms with Crippen molar-refractivity contribution in [2.75, 3.05) is 0 Å².